The van der Waals surface area contributed by atoms with Crippen LogP contribution in [0.4, 0.5) is 0 Å². The Bertz CT molecular complexity index is 518. The van der Waals surface area contributed by atoms with Gasteiger partial charge in [-0.1, -0.05) is 24.3 Å². The first-order valence-electron chi connectivity index (χ1n) is 4.85. The molecule has 0 atom stereocenters. The lowest BCUT2D eigenvalue weighted by molar-refractivity contribution is 1.41. The highest BCUT2D eigenvalue weighted by Crippen LogP contribution is 2.32. The standard InChI is InChI=1S/C12H8N2S2/c1-2-4-10(12-13-6-8-15-12)9(3-1)11-5-7-16-14-11/h1-8H. The molecule has 0 aliphatic heterocycles. The Balaban J connectivity index is 2.19. The van der Waals surface area contributed by atoms with Crippen molar-refractivity contribution in [3.8, 4) is 21.8 Å². The third kappa shape index (κ3) is 1.66. The second kappa shape index (κ2) is 4.15. The second-order valence-electron chi connectivity index (χ2n) is 3.27. The van der Waals surface area contributed by atoms with Crippen LogP contribution in [0.15, 0.2) is 47.3 Å². The molecule has 0 amide bonds. The van der Waals surface area contributed by atoms with Crippen molar-refractivity contribution >= 4 is 22.9 Å². The summed E-state index contributed by atoms with van der Waals surface area (Å²) in [6, 6.07) is 10.3. The summed E-state index contributed by atoms with van der Waals surface area (Å²) in [4.78, 5) is 4.35. The van der Waals surface area contributed by atoms with Crippen molar-refractivity contribution in [1.29, 1.82) is 0 Å². The van der Waals surface area contributed by atoms with Crippen LogP contribution in [0, 0.1) is 0 Å². The molecule has 16 heavy (non-hydrogen) atoms. The van der Waals surface area contributed by atoms with Crippen LogP contribution in [-0.4, -0.2) is 9.36 Å². The van der Waals surface area contributed by atoms with Crippen molar-refractivity contribution in [2.45, 2.75) is 0 Å². The zero-order valence-corrected chi connectivity index (χ0v) is 9.96. The van der Waals surface area contributed by atoms with Gasteiger partial charge in [0.2, 0.25) is 0 Å². The first kappa shape index (κ1) is 9.69. The normalized spacial score (nSPS) is 10.5. The number of thiazole rings is 1. The molecule has 3 aromatic rings. The first-order valence-corrected chi connectivity index (χ1v) is 6.56. The summed E-state index contributed by atoms with van der Waals surface area (Å²) in [5.74, 6) is 0. The number of hydrogen-bond donors (Lipinski definition) is 0. The van der Waals surface area contributed by atoms with Crippen LogP contribution in [0.5, 0.6) is 0 Å². The summed E-state index contributed by atoms with van der Waals surface area (Å²) in [6.07, 6.45) is 1.83. The molecule has 78 valence electrons. The molecule has 0 fully saturated rings. The lowest BCUT2D eigenvalue weighted by atomic mass is 10.1. The highest BCUT2D eigenvalue weighted by Gasteiger charge is 2.09. The van der Waals surface area contributed by atoms with Gasteiger partial charge in [0.05, 0.1) is 5.69 Å². The van der Waals surface area contributed by atoms with Gasteiger partial charge in [-0.05, 0) is 17.6 Å². The van der Waals surface area contributed by atoms with Gasteiger partial charge in [0, 0.05) is 28.1 Å². The zero-order valence-electron chi connectivity index (χ0n) is 8.33. The zero-order chi connectivity index (χ0) is 10.8. The maximum absolute atomic E-state index is 4.38. The van der Waals surface area contributed by atoms with Gasteiger partial charge in [0.15, 0.2) is 0 Å². The fourth-order valence-electron chi connectivity index (χ4n) is 1.60. The van der Waals surface area contributed by atoms with Gasteiger partial charge in [0.1, 0.15) is 5.01 Å². The number of hydrogen-bond acceptors (Lipinski definition) is 4. The van der Waals surface area contributed by atoms with E-state index in [1.165, 1.54) is 11.5 Å². The van der Waals surface area contributed by atoms with E-state index < -0.39 is 0 Å². The summed E-state index contributed by atoms with van der Waals surface area (Å²) in [6.45, 7) is 0. The Hall–Kier alpha value is -1.52. The fraction of sp³-hybridized carbons (Fsp3) is 0. The Morgan fingerprint density at radius 1 is 0.938 bits per heavy atom. The SMILES string of the molecule is c1ccc(-c2nccs2)c(-c2ccsn2)c1. The van der Waals surface area contributed by atoms with Crippen LogP contribution in [0.3, 0.4) is 0 Å². The third-order valence-electron chi connectivity index (χ3n) is 2.30. The molecule has 2 heterocycles. The van der Waals surface area contributed by atoms with Gasteiger partial charge in [-0.25, -0.2) is 4.98 Å². The van der Waals surface area contributed by atoms with Crippen LogP contribution in [-0.2, 0) is 0 Å². The van der Waals surface area contributed by atoms with E-state index in [1.54, 1.807) is 11.3 Å². The van der Waals surface area contributed by atoms with Crippen LogP contribution >= 0.6 is 22.9 Å². The molecule has 1 aromatic carbocycles. The lowest BCUT2D eigenvalue weighted by Crippen LogP contribution is -1.83. The third-order valence-corrected chi connectivity index (χ3v) is 3.67. The lowest BCUT2D eigenvalue weighted by Gasteiger charge is -2.03. The van der Waals surface area contributed by atoms with E-state index in [0.717, 1.165) is 21.8 Å². The maximum Gasteiger partial charge on any atom is 0.123 e. The molecule has 0 spiro atoms. The molecular weight excluding hydrogens is 236 g/mol. The predicted molar refractivity (Wildman–Crippen MR) is 68.7 cm³/mol. The first-order chi connectivity index (χ1) is 7.95. The van der Waals surface area contributed by atoms with E-state index in [1.807, 2.05) is 35.2 Å². The summed E-state index contributed by atoms with van der Waals surface area (Å²) >= 11 is 3.13. The van der Waals surface area contributed by atoms with E-state index in [4.69, 9.17) is 0 Å². The molecule has 2 nitrogen and oxygen atoms in total. The average molecular weight is 244 g/mol. The van der Waals surface area contributed by atoms with Gasteiger partial charge in [-0.15, -0.1) is 11.3 Å². The molecule has 0 aliphatic rings. The van der Waals surface area contributed by atoms with Crippen molar-refractivity contribution in [3.63, 3.8) is 0 Å². The molecule has 3 rings (SSSR count). The molecular formula is C12H8N2S2. The summed E-state index contributed by atoms with van der Waals surface area (Å²) in [5, 5.41) is 5.03. The Morgan fingerprint density at radius 2 is 1.81 bits per heavy atom. The minimum Gasteiger partial charge on any atom is -0.245 e. The molecule has 0 N–H and O–H groups in total. The van der Waals surface area contributed by atoms with Gasteiger partial charge >= 0.3 is 0 Å². The van der Waals surface area contributed by atoms with Crippen molar-refractivity contribution in [3.05, 3.63) is 47.3 Å². The van der Waals surface area contributed by atoms with E-state index in [0.29, 0.717) is 0 Å². The molecule has 0 bridgehead atoms. The van der Waals surface area contributed by atoms with E-state index in [9.17, 15) is 0 Å². The smallest absolute Gasteiger partial charge is 0.123 e. The van der Waals surface area contributed by atoms with Crippen LogP contribution in [0.1, 0.15) is 0 Å². The molecule has 0 unspecified atom stereocenters. The molecule has 0 saturated carbocycles. The van der Waals surface area contributed by atoms with Crippen molar-refractivity contribution in [2.75, 3.05) is 0 Å². The number of benzene rings is 1. The minimum atomic E-state index is 1.02. The molecule has 2 aromatic heterocycles. The van der Waals surface area contributed by atoms with Crippen molar-refractivity contribution in [2.24, 2.45) is 0 Å². The number of rotatable bonds is 2. The van der Waals surface area contributed by atoms with Crippen LogP contribution < -0.4 is 0 Å². The highest BCUT2D eigenvalue weighted by molar-refractivity contribution is 7.13. The van der Waals surface area contributed by atoms with Crippen molar-refractivity contribution in [1.82, 2.24) is 9.36 Å². The van der Waals surface area contributed by atoms with Gasteiger partial charge in [-0.2, -0.15) is 4.37 Å². The Labute approximate surface area is 101 Å². The second-order valence-corrected chi connectivity index (χ2v) is 4.83. The Morgan fingerprint density at radius 3 is 2.50 bits per heavy atom. The van der Waals surface area contributed by atoms with Gasteiger partial charge in [0.25, 0.3) is 0 Å². The van der Waals surface area contributed by atoms with Crippen molar-refractivity contribution < 1.29 is 0 Å². The average Bonchev–Trinajstić information content (AvgIpc) is 3.03. The van der Waals surface area contributed by atoms with E-state index >= 15 is 0 Å². The summed E-state index contributed by atoms with van der Waals surface area (Å²) in [7, 11) is 0. The van der Waals surface area contributed by atoms with Gasteiger partial charge in [-0.3, -0.25) is 0 Å². The van der Waals surface area contributed by atoms with Crippen LogP contribution in [0.25, 0.3) is 21.8 Å². The number of nitrogens with zero attached hydrogens (tertiary/aromatic N) is 2. The molecule has 0 radical (unpaired) electrons. The molecule has 0 aliphatic carbocycles. The van der Waals surface area contributed by atoms with E-state index in [-0.39, 0.29) is 0 Å². The molecule has 0 saturated heterocycles. The van der Waals surface area contributed by atoms with Crippen LogP contribution in [0.2, 0.25) is 0 Å². The topological polar surface area (TPSA) is 25.8 Å². The minimum absolute atomic E-state index is 1.02. The maximum atomic E-state index is 4.38. The number of aromatic nitrogens is 2. The predicted octanol–water partition coefficient (Wildman–Crippen LogP) is 3.93. The Kier molecular flexibility index (Phi) is 2.52. The molecule has 4 heteroatoms. The van der Waals surface area contributed by atoms with Gasteiger partial charge < -0.3 is 0 Å². The van der Waals surface area contributed by atoms with E-state index in [2.05, 4.69) is 21.5 Å². The summed E-state index contributed by atoms with van der Waals surface area (Å²) < 4.78 is 4.38. The summed E-state index contributed by atoms with van der Waals surface area (Å²) in [5.41, 5.74) is 3.33. The highest BCUT2D eigenvalue weighted by atomic mass is 32.1. The monoisotopic (exact) mass is 244 g/mol. The largest absolute Gasteiger partial charge is 0.245 e. The quantitative estimate of drug-likeness (QED) is 0.682. The fourth-order valence-corrected chi connectivity index (χ4v) is 2.80.